The summed E-state index contributed by atoms with van der Waals surface area (Å²) in [7, 11) is 0. The third-order valence-corrected chi connectivity index (χ3v) is 2.40. The molecule has 0 bridgehead atoms. The summed E-state index contributed by atoms with van der Waals surface area (Å²) < 4.78 is 1.88. The van der Waals surface area contributed by atoms with Gasteiger partial charge in [-0.3, -0.25) is 0 Å². The van der Waals surface area contributed by atoms with Crippen LogP contribution in [0.5, 0.6) is 5.75 Å². The molecular weight excluding hydrogens is 254 g/mol. The lowest BCUT2D eigenvalue weighted by Gasteiger charge is -2.06. The molecule has 1 aromatic carbocycles. The summed E-state index contributed by atoms with van der Waals surface area (Å²) in [4.78, 5) is 1.79. The number of benzene rings is 1. The van der Waals surface area contributed by atoms with E-state index in [1.807, 2.05) is 47.3 Å². The quantitative estimate of drug-likeness (QED) is 0.881. The van der Waals surface area contributed by atoms with Gasteiger partial charge in [-0.1, -0.05) is 22.0 Å². The van der Waals surface area contributed by atoms with Crippen molar-refractivity contribution < 1.29 is 5.11 Å². The Morgan fingerprint density at radius 2 is 1.93 bits per heavy atom. The van der Waals surface area contributed by atoms with Crippen LogP contribution in [0.1, 0.15) is 5.56 Å². The topological polar surface area (TPSA) is 25.2 Å². The van der Waals surface area contributed by atoms with Crippen LogP contribution < -0.4 is 0 Å². The highest BCUT2D eigenvalue weighted by atomic mass is 79.9. The van der Waals surface area contributed by atoms with E-state index < -0.39 is 0 Å². The smallest absolute Gasteiger partial charge is 0.139 e. The number of hydrogen-bond acceptors (Lipinski definition) is 1. The molecule has 3 heteroatoms. The van der Waals surface area contributed by atoms with Crippen molar-refractivity contribution in [2.75, 3.05) is 0 Å². The van der Waals surface area contributed by atoms with E-state index in [0.29, 0.717) is 0 Å². The van der Waals surface area contributed by atoms with Gasteiger partial charge in [0.1, 0.15) is 5.75 Å². The Hall–Kier alpha value is -1.48. The van der Waals surface area contributed by atoms with Crippen LogP contribution in [-0.4, -0.2) is 9.67 Å². The van der Waals surface area contributed by atoms with Gasteiger partial charge in [-0.2, -0.15) is 0 Å². The lowest BCUT2D eigenvalue weighted by atomic mass is 10.2. The molecule has 0 spiro atoms. The minimum atomic E-state index is 0.276. The number of aromatic nitrogens is 1. The molecule has 2 rings (SSSR count). The summed E-state index contributed by atoms with van der Waals surface area (Å²) in [5.41, 5.74) is 1.82. The van der Waals surface area contributed by atoms with Crippen LogP contribution in [0.3, 0.4) is 0 Å². The van der Waals surface area contributed by atoms with Crippen LogP contribution in [0.4, 0.5) is 0 Å². The summed E-state index contributed by atoms with van der Waals surface area (Å²) in [6.07, 6.45) is 5.72. The maximum absolute atomic E-state index is 9.72. The number of nitrogens with zero attached hydrogens (tertiary/aromatic N) is 1. The van der Waals surface area contributed by atoms with Crippen molar-refractivity contribution >= 4 is 22.0 Å². The van der Waals surface area contributed by atoms with E-state index >= 15 is 0 Å². The normalized spacial score (nSPS) is 11.0. The Morgan fingerprint density at radius 1 is 1.20 bits per heavy atom. The molecule has 1 aromatic heterocycles. The van der Waals surface area contributed by atoms with E-state index in [1.54, 1.807) is 11.1 Å². The molecule has 0 fully saturated rings. The van der Waals surface area contributed by atoms with Crippen molar-refractivity contribution in [2.45, 2.75) is 0 Å². The summed E-state index contributed by atoms with van der Waals surface area (Å²) in [5, 5.41) is 9.72. The summed E-state index contributed by atoms with van der Waals surface area (Å²) in [5.74, 6) is 0.276. The van der Waals surface area contributed by atoms with Crippen molar-refractivity contribution in [3.8, 4) is 11.4 Å². The molecule has 1 heterocycles. The predicted molar refractivity (Wildman–Crippen MR) is 65.4 cm³/mol. The predicted octanol–water partition coefficient (Wildman–Crippen LogP) is 3.55. The molecule has 76 valence electrons. The molecule has 2 aromatic rings. The molecule has 0 amide bonds. The molecule has 0 aliphatic heterocycles. The maximum Gasteiger partial charge on any atom is 0.139 e. The van der Waals surface area contributed by atoms with Gasteiger partial charge in [0.25, 0.3) is 0 Å². The molecule has 0 unspecified atom stereocenters. The summed E-state index contributed by atoms with van der Waals surface area (Å²) in [6.45, 7) is 0. The number of phenols is 1. The van der Waals surface area contributed by atoms with Crippen molar-refractivity contribution in [3.63, 3.8) is 0 Å². The number of halogens is 1. The van der Waals surface area contributed by atoms with Gasteiger partial charge >= 0.3 is 0 Å². The standard InChI is InChI=1S/C12H10BrNO/c13-6-5-10-3-4-12(15)11(9-10)14-7-1-2-8-14/h1-9,15H. The zero-order chi connectivity index (χ0) is 10.7. The van der Waals surface area contributed by atoms with E-state index in [2.05, 4.69) is 15.9 Å². The van der Waals surface area contributed by atoms with Gasteiger partial charge in [0.05, 0.1) is 5.69 Å². The third-order valence-electron chi connectivity index (χ3n) is 2.14. The monoisotopic (exact) mass is 263 g/mol. The molecule has 0 aliphatic carbocycles. The lowest BCUT2D eigenvalue weighted by Crippen LogP contribution is -1.90. The first kappa shape index (κ1) is 10.1. The number of hydrogen-bond donors (Lipinski definition) is 1. The van der Waals surface area contributed by atoms with E-state index in [0.717, 1.165) is 11.3 Å². The number of phenolic OH excluding ortho intramolecular Hbond substituents is 1. The minimum Gasteiger partial charge on any atom is -0.506 e. The Kier molecular flexibility index (Phi) is 2.92. The molecule has 15 heavy (non-hydrogen) atoms. The van der Waals surface area contributed by atoms with E-state index in [-0.39, 0.29) is 5.75 Å². The summed E-state index contributed by atoms with van der Waals surface area (Å²) >= 11 is 3.23. The van der Waals surface area contributed by atoms with E-state index in [9.17, 15) is 5.11 Å². The Labute approximate surface area is 96.6 Å². The first-order chi connectivity index (χ1) is 7.31. The van der Waals surface area contributed by atoms with Gasteiger partial charge in [-0.05, 0) is 40.9 Å². The molecule has 2 nitrogen and oxygen atoms in total. The Bertz CT molecular complexity index is 474. The van der Waals surface area contributed by atoms with E-state index in [1.165, 1.54) is 0 Å². The first-order valence-electron chi connectivity index (χ1n) is 4.54. The van der Waals surface area contributed by atoms with Gasteiger partial charge in [0.15, 0.2) is 0 Å². The highest BCUT2D eigenvalue weighted by Crippen LogP contribution is 2.23. The van der Waals surface area contributed by atoms with E-state index in [4.69, 9.17) is 0 Å². The van der Waals surface area contributed by atoms with Crippen LogP contribution in [-0.2, 0) is 0 Å². The Morgan fingerprint density at radius 3 is 2.60 bits per heavy atom. The maximum atomic E-state index is 9.72. The average Bonchev–Trinajstić information content (AvgIpc) is 2.74. The SMILES string of the molecule is Oc1ccc(C=CBr)cc1-n1cccc1. The average molecular weight is 264 g/mol. The highest BCUT2D eigenvalue weighted by Gasteiger charge is 2.02. The minimum absolute atomic E-state index is 0.276. The number of aromatic hydroxyl groups is 1. The van der Waals surface area contributed by atoms with Crippen molar-refractivity contribution in [3.05, 3.63) is 53.3 Å². The van der Waals surface area contributed by atoms with Crippen LogP contribution in [0, 0.1) is 0 Å². The molecule has 0 saturated carbocycles. The van der Waals surface area contributed by atoms with Crippen LogP contribution in [0.15, 0.2) is 47.7 Å². The second-order valence-corrected chi connectivity index (χ2v) is 3.66. The fraction of sp³-hybridized carbons (Fsp3) is 0. The fourth-order valence-corrected chi connectivity index (χ4v) is 1.72. The fourth-order valence-electron chi connectivity index (χ4n) is 1.42. The summed E-state index contributed by atoms with van der Waals surface area (Å²) in [6, 6.07) is 9.32. The van der Waals surface area contributed by atoms with Crippen molar-refractivity contribution in [1.82, 2.24) is 4.57 Å². The van der Waals surface area contributed by atoms with Crippen molar-refractivity contribution in [2.24, 2.45) is 0 Å². The lowest BCUT2D eigenvalue weighted by molar-refractivity contribution is 0.472. The Balaban J connectivity index is 2.50. The highest BCUT2D eigenvalue weighted by molar-refractivity contribution is 9.11. The van der Waals surface area contributed by atoms with Gasteiger partial charge in [0, 0.05) is 12.4 Å². The molecule has 1 N–H and O–H groups in total. The molecule has 0 saturated heterocycles. The van der Waals surface area contributed by atoms with Gasteiger partial charge in [0.2, 0.25) is 0 Å². The van der Waals surface area contributed by atoms with Gasteiger partial charge in [-0.15, -0.1) is 0 Å². The zero-order valence-electron chi connectivity index (χ0n) is 7.97. The third kappa shape index (κ3) is 2.13. The van der Waals surface area contributed by atoms with Crippen molar-refractivity contribution in [1.29, 1.82) is 0 Å². The molecular formula is C12H10BrNO. The first-order valence-corrected chi connectivity index (χ1v) is 5.46. The zero-order valence-corrected chi connectivity index (χ0v) is 9.55. The van der Waals surface area contributed by atoms with Gasteiger partial charge < -0.3 is 9.67 Å². The van der Waals surface area contributed by atoms with Crippen LogP contribution in [0.2, 0.25) is 0 Å². The second-order valence-electron chi connectivity index (χ2n) is 3.13. The van der Waals surface area contributed by atoms with Gasteiger partial charge in [-0.25, -0.2) is 0 Å². The molecule has 0 aliphatic rings. The number of rotatable bonds is 2. The largest absolute Gasteiger partial charge is 0.506 e. The molecule has 0 radical (unpaired) electrons. The molecule has 0 atom stereocenters. The van der Waals surface area contributed by atoms with Crippen LogP contribution >= 0.6 is 15.9 Å². The van der Waals surface area contributed by atoms with Crippen LogP contribution in [0.25, 0.3) is 11.8 Å². The second kappa shape index (κ2) is 4.36.